The van der Waals surface area contributed by atoms with Gasteiger partial charge < -0.3 is 0 Å². The van der Waals surface area contributed by atoms with E-state index >= 15 is 0 Å². The Bertz CT molecular complexity index is 1580. The molecule has 0 bridgehead atoms. The number of hydrogen-bond donors (Lipinski definition) is 0. The van der Waals surface area contributed by atoms with Gasteiger partial charge in [0.15, 0.2) is 0 Å². The van der Waals surface area contributed by atoms with E-state index in [2.05, 4.69) is 75.4 Å². The van der Waals surface area contributed by atoms with Crippen LogP contribution in [0, 0.1) is 20.8 Å². The van der Waals surface area contributed by atoms with Crippen molar-refractivity contribution in [2.75, 3.05) is 0 Å². The zero-order valence-electron chi connectivity index (χ0n) is 27.1. The van der Waals surface area contributed by atoms with Crippen molar-refractivity contribution in [3.05, 3.63) is 110 Å². The fourth-order valence-corrected chi connectivity index (χ4v) is 8.81. The van der Waals surface area contributed by atoms with Crippen LogP contribution in [0.5, 0.6) is 0 Å². The van der Waals surface area contributed by atoms with Gasteiger partial charge in [0.2, 0.25) is 0 Å². The minimum absolute atomic E-state index is 0.0559. The van der Waals surface area contributed by atoms with Crippen LogP contribution in [0.2, 0.25) is 0 Å². The predicted octanol–water partition coefficient (Wildman–Crippen LogP) is 9.74. The summed E-state index contributed by atoms with van der Waals surface area (Å²) in [7, 11) is 0. The van der Waals surface area contributed by atoms with E-state index in [1.165, 1.54) is 83.9 Å². The normalized spacial score (nSPS) is 25.8. The molecule has 3 saturated carbocycles. The summed E-state index contributed by atoms with van der Waals surface area (Å²) < 4.78 is 0. The van der Waals surface area contributed by atoms with Gasteiger partial charge in [-0.05, 0) is 143 Å². The first-order valence-electron chi connectivity index (χ1n) is 17.4. The molecule has 2 atom stereocenters. The van der Waals surface area contributed by atoms with Gasteiger partial charge in [-0.3, -0.25) is 9.59 Å². The summed E-state index contributed by atoms with van der Waals surface area (Å²) in [5.41, 5.74) is 16.0. The molecule has 9 rings (SSSR count). The molecule has 0 amide bonds. The van der Waals surface area contributed by atoms with E-state index < -0.39 is 0 Å². The lowest BCUT2D eigenvalue weighted by Gasteiger charge is -2.44. The topological polar surface area (TPSA) is 34.1 Å². The average Bonchev–Trinajstić information content (AvgIpc) is 3.88. The number of allylic oxidation sites excluding steroid dienone is 2. The van der Waals surface area contributed by atoms with Crippen LogP contribution in [-0.2, 0) is 39.7 Å². The summed E-state index contributed by atoms with van der Waals surface area (Å²) in [6.45, 7) is 6.43. The quantitative estimate of drug-likeness (QED) is 0.264. The SMILES string of the molecule is Cc1ccc2c(c1)C(=C1CC1)CCC2.Cc1ccc2c(c1)[C@@]1(CCC2)CCC1=O.Cc1ccc2c(c1)[C@]1(CCC2)CCC1=O. The average molecular weight is 585 g/mol. The number of fused-ring (bicyclic) bond motifs is 5. The van der Waals surface area contributed by atoms with Crippen LogP contribution in [0.25, 0.3) is 5.57 Å². The zero-order chi connectivity index (χ0) is 30.5. The van der Waals surface area contributed by atoms with E-state index in [0.29, 0.717) is 11.6 Å². The van der Waals surface area contributed by atoms with Gasteiger partial charge in [0, 0.05) is 12.8 Å². The zero-order valence-corrected chi connectivity index (χ0v) is 27.1. The van der Waals surface area contributed by atoms with Gasteiger partial charge >= 0.3 is 0 Å². The Balaban J connectivity index is 0.000000107. The molecule has 2 spiro atoms. The largest absolute Gasteiger partial charge is 0.299 e. The minimum Gasteiger partial charge on any atom is -0.299 e. The Morgan fingerprint density at radius 1 is 0.477 bits per heavy atom. The van der Waals surface area contributed by atoms with Crippen molar-refractivity contribution in [1.29, 1.82) is 0 Å². The molecule has 228 valence electrons. The molecule has 3 aromatic carbocycles. The number of carbonyl (C=O) groups excluding carboxylic acids is 2. The highest BCUT2D eigenvalue weighted by atomic mass is 16.1. The number of Topliss-reactive ketones (excluding diaryl/α,β-unsaturated/α-hetero) is 2. The van der Waals surface area contributed by atoms with E-state index in [0.717, 1.165) is 51.4 Å². The van der Waals surface area contributed by atoms with Crippen LogP contribution >= 0.6 is 0 Å². The summed E-state index contributed by atoms with van der Waals surface area (Å²) in [6.07, 6.45) is 17.3. The van der Waals surface area contributed by atoms with Crippen LogP contribution in [0.4, 0.5) is 0 Å². The molecular formula is C42H48O2. The smallest absolute Gasteiger partial charge is 0.143 e. The molecule has 3 fully saturated rings. The Kier molecular flexibility index (Phi) is 7.76. The number of benzene rings is 3. The second-order valence-corrected chi connectivity index (χ2v) is 14.6. The highest BCUT2D eigenvalue weighted by molar-refractivity contribution is 5.97. The van der Waals surface area contributed by atoms with Gasteiger partial charge in [0.05, 0.1) is 10.8 Å². The summed E-state index contributed by atoms with van der Waals surface area (Å²) in [6, 6.07) is 20.2. The summed E-state index contributed by atoms with van der Waals surface area (Å²) in [5.74, 6) is 0.961. The molecule has 0 unspecified atom stereocenters. The first-order chi connectivity index (χ1) is 21.3. The molecule has 6 aliphatic rings. The van der Waals surface area contributed by atoms with E-state index in [1.807, 2.05) is 0 Å². The number of hydrogen-bond acceptors (Lipinski definition) is 2. The summed E-state index contributed by atoms with van der Waals surface area (Å²) in [4.78, 5) is 23.8. The maximum absolute atomic E-state index is 11.9. The summed E-state index contributed by atoms with van der Waals surface area (Å²) in [5, 5.41) is 0. The van der Waals surface area contributed by atoms with Gasteiger partial charge in [0.25, 0.3) is 0 Å². The lowest BCUT2D eigenvalue weighted by molar-refractivity contribution is -0.133. The third-order valence-electron chi connectivity index (χ3n) is 11.7. The van der Waals surface area contributed by atoms with E-state index in [9.17, 15) is 9.59 Å². The first-order valence-corrected chi connectivity index (χ1v) is 17.4. The number of rotatable bonds is 0. The Hall–Kier alpha value is -3.26. The molecule has 0 heterocycles. The maximum atomic E-state index is 11.9. The van der Waals surface area contributed by atoms with Crippen molar-refractivity contribution in [2.24, 2.45) is 0 Å². The van der Waals surface area contributed by atoms with Crippen LogP contribution in [0.15, 0.2) is 60.2 Å². The van der Waals surface area contributed by atoms with E-state index in [-0.39, 0.29) is 10.8 Å². The van der Waals surface area contributed by atoms with Crippen LogP contribution in [0.1, 0.15) is 127 Å². The second-order valence-electron chi connectivity index (χ2n) is 14.6. The van der Waals surface area contributed by atoms with Crippen molar-refractivity contribution >= 4 is 17.1 Å². The molecule has 2 nitrogen and oxygen atoms in total. The maximum Gasteiger partial charge on any atom is 0.143 e. The molecule has 0 saturated heterocycles. The molecule has 44 heavy (non-hydrogen) atoms. The van der Waals surface area contributed by atoms with Gasteiger partial charge in [-0.15, -0.1) is 0 Å². The predicted molar refractivity (Wildman–Crippen MR) is 180 cm³/mol. The van der Waals surface area contributed by atoms with Gasteiger partial charge in [-0.25, -0.2) is 0 Å². The summed E-state index contributed by atoms with van der Waals surface area (Å²) >= 11 is 0. The highest BCUT2D eigenvalue weighted by Gasteiger charge is 2.50. The first kappa shape index (κ1) is 29.5. The molecular weight excluding hydrogens is 536 g/mol. The van der Waals surface area contributed by atoms with E-state index in [1.54, 1.807) is 22.3 Å². The monoisotopic (exact) mass is 584 g/mol. The van der Waals surface area contributed by atoms with Crippen molar-refractivity contribution in [2.45, 2.75) is 128 Å². The molecule has 0 radical (unpaired) electrons. The number of carbonyl (C=O) groups is 2. The molecule has 2 heteroatoms. The molecule has 3 aromatic rings. The van der Waals surface area contributed by atoms with Crippen LogP contribution in [-0.4, -0.2) is 11.6 Å². The fourth-order valence-electron chi connectivity index (χ4n) is 8.81. The third kappa shape index (κ3) is 5.23. The number of ketones is 2. The number of aryl methyl sites for hydroxylation is 6. The highest BCUT2D eigenvalue weighted by Crippen LogP contribution is 2.50. The van der Waals surface area contributed by atoms with Crippen molar-refractivity contribution in [3.63, 3.8) is 0 Å². The Morgan fingerprint density at radius 2 is 0.955 bits per heavy atom. The lowest BCUT2D eigenvalue weighted by Crippen LogP contribution is -2.47. The fraction of sp³-hybridized carbons (Fsp3) is 0.476. The lowest BCUT2D eigenvalue weighted by atomic mass is 9.57. The van der Waals surface area contributed by atoms with Gasteiger partial charge in [-0.2, -0.15) is 0 Å². The standard InChI is InChI=1S/2C14H16O.C14H16/c2*1-10-4-5-11-3-2-7-14(12(11)9-10)8-6-13(14)15;1-10-5-6-11-3-2-4-13(12-7-8-12)14(11)9-10/h2*4-5,9H,2-3,6-8H2,1H3;5-6,9H,2-4,7-8H2,1H3/t2*14-;/m10./s1. The second kappa shape index (κ2) is 11.6. The molecule has 0 N–H and O–H groups in total. The molecule has 6 aliphatic carbocycles. The minimum atomic E-state index is -0.0559. The van der Waals surface area contributed by atoms with Crippen LogP contribution < -0.4 is 0 Å². The third-order valence-corrected chi connectivity index (χ3v) is 11.7. The van der Waals surface area contributed by atoms with E-state index in [4.69, 9.17) is 0 Å². The van der Waals surface area contributed by atoms with Gasteiger partial charge in [0.1, 0.15) is 11.6 Å². The molecule has 0 aliphatic heterocycles. The van der Waals surface area contributed by atoms with Crippen molar-refractivity contribution < 1.29 is 9.59 Å². The Labute approximate surface area is 264 Å². The Morgan fingerprint density at radius 3 is 1.41 bits per heavy atom. The van der Waals surface area contributed by atoms with Crippen molar-refractivity contribution in [1.82, 2.24) is 0 Å². The van der Waals surface area contributed by atoms with Crippen molar-refractivity contribution in [3.8, 4) is 0 Å². The van der Waals surface area contributed by atoms with Crippen LogP contribution in [0.3, 0.4) is 0 Å². The molecule has 0 aromatic heterocycles. The van der Waals surface area contributed by atoms with Gasteiger partial charge in [-0.1, -0.05) is 76.9 Å².